The zero-order valence-electron chi connectivity index (χ0n) is 45.9. The second kappa shape index (κ2) is 25.1. The first-order valence-corrected chi connectivity index (χ1v) is 33.0. The molecule has 0 saturated carbocycles. The van der Waals surface area contributed by atoms with Crippen LogP contribution in [0.25, 0.3) is 44.7 Å². The van der Waals surface area contributed by atoms with Gasteiger partial charge in [-0.15, -0.1) is 0 Å². The highest BCUT2D eigenvalue weighted by molar-refractivity contribution is 7.52. The third-order valence-corrected chi connectivity index (χ3v) is 18.3. The maximum Gasteiger partial charge on any atom is 0.472 e. The SMILES string of the molecule is Nc1ncnc2c1ncn2[C@@H]1O[C@H](COCP(=O)(O)O[C@@H]2[C@H](O)[C@@H](COP(=O)(O)O[C@@H]3[C@@H](O)[C@@H](COCP(=O)(O)O[C@@H]4[C@H](O)[C@@H](COP(=O)(O)O)O[C@H]4n4cnc5c(N)ncnc54)O[C@H]3n3cnc4c(N)ncnc43)O[C@H]2n2cnc3c(N)ncnc32)[C@H](O)[C@H]1O. The van der Waals surface area contributed by atoms with Crippen molar-refractivity contribution in [3.05, 3.63) is 50.6 Å². The maximum atomic E-state index is 14.1. The number of hydrogen-bond donors (Lipinski definition) is 14. The molecule has 0 aliphatic carbocycles. The molecule has 0 bridgehead atoms. The van der Waals surface area contributed by atoms with E-state index in [9.17, 15) is 68.3 Å². The molecule has 12 heterocycles. The van der Waals surface area contributed by atoms with Crippen LogP contribution in [0.15, 0.2) is 50.6 Å². The van der Waals surface area contributed by atoms with E-state index >= 15 is 0 Å². The van der Waals surface area contributed by atoms with E-state index in [1.807, 2.05) is 0 Å². The van der Waals surface area contributed by atoms with E-state index in [0.717, 1.165) is 58.0 Å². The van der Waals surface area contributed by atoms with Gasteiger partial charge in [-0.05, 0) is 0 Å². The van der Waals surface area contributed by atoms with Gasteiger partial charge in [-0.1, -0.05) is 0 Å². The fraction of sp³-hybridized carbons (Fsp3) is 0.524. The molecule has 49 heteroatoms. The van der Waals surface area contributed by atoms with Crippen LogP contribution in [0, 0.1) is 0 Å². The standard InChI is InChI=1S/C42H54N20O25P4/c43-31-19-35(51-5-47-31)59(9-55-19)39-27(67)23(63)15(81-39)1-77-13-88(68,69)86-29-26(66)18(84-41(29)61-11-57-21-33(45)49-7-53-37(21)61)4-80-91(75,76)87-30-24(64)16(82-42(30)62-12-58-22-34(46)50-8-54-38(22)62)2-78-14-89(70,71)85-28-25(65)17(3-79-90(72,73)74)83-40(28)60-10-56-20-32(44)48-6-52-36(20)60/h5-12,15-18,23-30,39-42,63-67H,1-4,13-14H2,(H,68,69)(H,70,71)(H,75,76)(H2,43,47,51)(H2,44,48,52)(H2,45,49,53)(H2,46,50,54)(H2,72,73,74)/t15-,16-,17-,18-,23+,24+,25-,26-,27-,28-,29-,30-,39-,40-,41-,42-/m1/s1. The Hall–Kier alpha value is -6.52. The summed E-state index contributed by atoms with van der Waals surface area (Å²) in [4.78, 5) is 101. The van der Waals surface area contributed by atoms with Crippen molar-refractivity contribution in [3.8, 4) is 0 Å². The Morgan fingerprint density at radius 3 is 1.07 bits per heavy atom. The summed E-state index contributed by atoms with van der Waals surface area (Å²) >= 11 is 0. The van der Waals surface area contributed by atoms with Crippen LogP contribution in [0.4, 0.5) is 23.3 Å². The molecule has 91 heavy (non-hydrogen) atoms. The number of fused-ring (bicyclic) bond motifs is 4. The number of phosphoric ester groups is 2. The summed E-state index contributed by atoms with van der Waals surface area (Å²) < 4.78 is 119. The number of nitrogens with zero attached hydrogens (tertiary/aromatic N) is 16. The van der Waals surface area contributed by atoms with Crippen LogP contribution < -0.4 is 22.9 Å². The second-order valence-electron chi connectivity index (χ2n) is 20.6. The number of anilines is 4. The summed E-state index contributed by atoms with van der Waals surface area (Å²) in [5.74, 6) is -0.270. The first-order chi connectivity index (χ1) is 43.2. The van der Waals surface area contributed by atoms with Crippen molar-refractivity contribution in [2.45, 2.75) is 98.2 Å². The van der Waals surface area contributed by atoms with Crippen LogP contribution in [0.3, 0.4) is 0 Å². The van der Waals surface area contributed by atoms with Crippen LogP contribution in [-0.2, 0) is 69.3 Å². The zero-order valence-corrected chi connectivity index (χ0v) is 49.5. The molecule has 4 saturated heterocycles. The Morgan fingerprint density at radius 2 is 0.703 bits per heavy atom. The molecule has 8 aromatic heterocycles. The van der Waals surface area contributed by atoms with E-state index in [-0.39, 0.29) is 67.9 Å². The Kier molecular flexibility index (Phi) is 17.8. The van der Waals surface area contributed by atoms with Crippen LogP contribution in [0.2, 0.25) is 0 Å². The molecule has 8 aromatic rings. The molecule has 4 aliphatic heterocycles. The number of imidazole rings is 4. The predicted octanol–water partition coefficient (Wildman–Crippen LogP) is -4.23. The average Bonchev–Trinajstić information content (AvgIpc) is 1.65. The molecule has 12 rings (SSSR count). The van der Waals surface area contributed by atoms with Gasteiger partial charge in [-0.3, -0.25) is 50.0 Å². The number of rotatable bonds is 24. The summed E-state index contributed by atoms with van der Waals surface area (Å²) in [6.07, 6.45) is -20.7. The van der Waals surface area contributed by atoms with E-state index in [1.54, 1.807) is 0 Å². The Bertz CT molecular complexity index is 4190. The van der Waals surface area contributed by atoms with E-state index in [4.69, 9.17) is 69.5 Å². The van der Waals surface area contributed by atoms with Gasteiger partial charge >= 0.3 is 30.8 Å². The van der Waals surface area contributed by atoms with Crippen molar-refractivity contribution in [1.29, 1.82) is 0 Å². The van der Waals surface area contributed by atoms with Crippen LogP contribution in [0.5, 0.6) is 0 Å². The van der Waals surface area contributed by atoms with Crippen molar-refractivity contribution < 1.29 is 119 Å². The van der Waals surface area contributed by atoms with E-state index in [0.29, 0.717) is 0 Å². The minimum atomic E-state index is -5.56. The molecule has 19 atom stereocenters. The number of aliphatic hydroxyl groups is 5. The lowest BCUT2D eigenvalue weighted by molar-refractivity contribution is -0.0667. The summed E-state index contributed by atoms with van der Waals surface area (Å²) in [5.41, 5.74) is 24.2. The summed E-state index contributed by atoms with van der Waals surface area (Å²) in [6.45, 7) is -3.43. The lowest BCUT2D eigenvalue weighted by Crippen LogP contribution is -2.37. The van der Waals surface area contributed by atoms with Gasteiger partial charge in [0.05, 0.1) is 51.7 Å². The third kappa shape index (κ3) is 13.0. The van der Waals surface area contributed by atoms with Gasteiger partial charge in [0.25, 0.3) is 0 Å². The zero-order chi connectivity index (χ0) is 64.6. The number of nitrogens with two attached hydrogens (primary N) is 4. The van der Waals surface area contributed by atoms with Crippen LogP contribution in [-0.4, -0.2) is 240 Å². The van der Waals surface area contributed by atoms with Crippen molar-refractivity contribution >= 4 is 98.8 Å². The maximum absolute atomic E-state index is 14.1. The number of ether oxygens (including phenoxy) is 6. The number of aromatic nitrogens is 16. The fourth-order valence-electron chi connectivity index (χ4n) is 10.4. The molecule has 18 N–H and O–H groups in total. The first-order valence-electron chi connectivity index (χ1n) is 26.4. The highest BCUT2D eigenvalue weighted by Crippen LogP contribution is 2.54. The quantitative estimate of drug-likeness (QED) is 0.0255. The third-order valence-electron chi connectivity index (χ3n) is 14.6. The van der Waals surface area contributed by atoms with E-state index in [1.165, 1.54) is 10.9 Å². The minimum Gasteiger partial charge on any atom is -0.387 e. The molecule has 4 fully saturated rings. The van der Waals surface area contributed by atoms with Gasteiger partial charge in [-0.2, -0.15) is 0 Å². The van der Waals surface area contributed by atoms with Gasteiger partial charge < -0.3 is 101 Å². The van der Waals surface area contributed by atoms with Gasteiger partial charge in [0.1, 0.15) is 133 Å². The molecule has 4 aliphatic rings. The highest BCUT2D eigenvalue weighted by atomic mass is 31.2. The summed E-state index contributed by atoms with van der Waals surface area (Å²) in [6, 6.07) is 0. The molecule has 0 spiro atoms. The molecule has 3 unspecified atom stereocenters. The largest absolute Gasteiger partial charge is 0.472 e. The lowest BCUT2D eigenvalue weighted by Gasteiger charge is -2.25. The average molecular weight is 1360 g/mol. The lowest BCUT2D eigenvalue weighted by atomic mass is 10.1. The Morgan fingerprint density at radius 1 is 0.396 bits per heavy atom. The molecule has 45 nitrogen and oxygen atoms in total. The molecular formula is C42H54N20O25P4. The molecule has 492 valence electrons. The molecular weight excluding hydrogens is 1310 g/mol. The summed E-state index contributed by atoms with van der Waals surface area (Å²) in [7, 11) is -20.8. The van der Waals surface area contributed by atoms with Gasteiger partial charge in [0.2, 0.25) is 0 Å². The highest BCUT2D eigenvalue weighted by Gasteiger charge is 2.54. The number of nitrogen functional groups attached to an aromatic ring is 4. The van der Waals surface area contributed by atoms with Crippen LogP contribution >= 0.6 is 30.8 Å². The second-order valence-corrected chi connectivity index (χ2v) is 26.7. The van der Waals surface area contributed by atoms with E-state index < -0.39 is 168 Å². The Balaban J connectivity index is 0.724. The Labute approximate surface area is 505 Å². The van der Waals surface area contributed by atoms with Gasteiger partial charge in [0.15, 0.2) is 70.8 Å². The molecule has 0 radical (unpaired) electrons. The summed E-state index contributed by atoms with van der Waals surface area (Å²) in [5, 5.41) is 56.7. The molecule has 0 aromatic carbocycles. The van der Waals surface area contributed by atoms with E-state index in [2.05, 4.69) is 64.3 Å². The predicted molar refractivity (Wildman–Crippen MR) is 294 cm³/mol. The van der Waals surface area contributed by atoms with Crippen molar-refractivity contribution in [3.63, 3.8) is 0 Å². The van der Waals surface area contributed by atoms with Gasteiger partial charge in [-0.25, -0.2) is 68.9 Å². The minimum absolute atomic E-state index is 0.00261. The topological polar surface area (TPSA) is 651 Å². The number of phosphoric acid groups is 2. The van der Waals surface area contributed by atoms with Crippen LogP contribution in [0.1, 0.15) is 24.9 Å². The number of aliphatic hydroxyl groups excluding tert-OH is 5. The van der Waals surface area contributed by atoms with Gasteiger partial charge in [0, 0.05) is 0 Å². The van der Waals surface area contributed by atoms with Crippen molar-refractivity contribution in [2.75, 3.05) is 62.1 Å². The first kappa shape index (κ1) is 64.6. The molecule has 0 amide bonds. The van der Waals surface area contributed by atoms with Crippen molar-refractivity contribution in [2.24, 2.45) is 0 Å². The normalized spacial score (nSPS) is 30.9. The fourth-order valence-corrected chi connectivity index (χ4v) is 13.7. The number of hydrogen-bond acceptors (Lipinski definition) is 36. The van der Waals surface area contributed by atoms with Crippen molar-refractivity contribution in [1.82, 2.24) is 78.1 Å². The smallest absolute Gasteiger partial charge is 0.387 e. The monoisotopic (exact) mass is 1360 g/mol.